The van der Waals surface area contributed by atoms with Gasteiger partial charge in [0.2, 0.25) is 5.91 Å². The van der Waals surface area contributed by atoms with Crippen LogP contribution in [0.5, 0.6) is 0 Å². The topological polar surface area (TPSA) is 66.6 Å². The number of nitrogens with zero attached hydrogens (tertiary/aromatic N) is 2. The summed E-state index contributed by atoms with van der Waals surface area (Å²) in [5.41, 5.74) is 1.60. The fourth-order valence-corrected chi connectivity index (χ4v) is 1.60. The van der Waals surface area contributed by atoms with E-state index in [1.807, 2.05) is 13.8 Å². The number of rotatable bonds is 5. The molecule has 1 aromatic heterocycles. The third kappa shape index (κ3) is 2.82. The Balaban J connectivity index is 2.70. The molecule has 0 saturated heterocycles. The summed E-state index contributed by atoms with van der Waals surface area (Å²) in [5, 5.41) is 12.6. The number of hydrogen-bond donors (Lipinski definition) is 1. The van der Waals surface area contributed by atoms with Gasteiger partial charge in [-0.2, -0.15) is 0 Å². The van der Waals surface area contributed by atoms with Gasteiger partial charge < -0.3 is 14.5 Å². The molecule has 1 rings (SSSR count). The zero-order valence-corrected chi connectivity index (χ0v) is 9.99. The van der Waals surface area contributed by atoms with Crippen LogP contribution in [0.15, 0.2) is 4.52 Å². The summed E-state index contributed by atoms with van der Waals surface area (Å²) in [6.45, 7) is 6.47. The normalized spacial score (nSPS) is 10.5. The summed E-state index contributed by atoms with van der Waals surface area (Å²) in [6.07, 6.45) is 0.287. The van der Waals surface area contributed by atoms with Crippen LogP contribution < -0.4 is 0 Å². The number of aromatic nitrogens is 1. The Hall–Kier alpha value is -1.36. The van der Waals surface area contributed by atoms with Crippen molar-refractivity contribution in [2.24, 2.45) is 0 Å². The Bertz CT molecular complexity index is 341. The van der Waals surface area contributed by atoms with E-state index in [0.29, 0.717) is 18.8 Å². The Morgan fingerprint density at radius 3 is 2.62 bits per heavy atom. The van der Waals surface area contributed by atoms with Crippen molar-refractivity contribution < 1.29 is 14.4 Å². The first-order valence-electron chi connectivity index (χ1n) is 5.40. The smallest absolute Gasteiger partial charge is 0.227 e. The van der Waals surface area contributed by atoms with Crippen LogP contribution in [0, 0.1) is 13.8 Å². The van der Waals surface area contributed by atoms with Gasteiger partial charge in [0.15, 0.2) is 0 Å². The summed E-state index contributed by atoms with van der Waals surface area (Å²) in [6, 6.07) is 0. The van der Waals surface area contributed by atoms with Crippen molar-refractivity contribution in [1.29, 1.82) is 0 Å². The second kappa shape index (κ2) is 5.65. The minimum absolute atomic E-state index is 0.00838. The maximum absolute atomic E-state index is 11.9. The lowest BCUT2D eigenvalue weighted by molar-refractivity contribution is -0.130. The molecule has 0 unspecified atom stereocenters. The molecule has 5 heteroatoms. The number of amides is 1. The molecule has 0 radical (unpaired) electrons. The molecule has 5 nitrogen and oxygen atoms in total. The average molecular weight is 226 g/mol. The number of carbonyl (C=O) groups is 1. The van der Waals surface area contributed by atoms with E-state index in [1.165, 1.54) is 0 Å². The average Bonchev–Trinajstić information content (AvgIpc) is 2.57. The molecular formula is C11H18N2O3. The molecular weight excluding hydrogens is 208 g/mol. The number of carbonyl (C=O) groups excluding carboxylic acids is 1. The summed E-state index contributed by atoms with van der Waals surface area (Å²) in [5.74, 6) is 0.678. The Morgan fingerprint density at radius 2 is 2.19 bits per heavy atom. The maximum atomic E-state index is 11.9. The van der Waals surface area contributed by atoms with Crippen LogP contribution >= 0.6 is 0 Å². The molecule has 16 heavy (non-hydrogen) atoms. The SMILES string of the molecule is CCN(CCO)C(=O)Cc1c(C)noc1C. The standard InChI is InChI=1S/C11H18N2O3/c1-4-13(5-6-14)11(15)7-10-8(2)12-16-9(10)3/h14H,4-7H2,1-3H3. The van der Waals surface area contributed by atoms with Gasteiger partial charge in [-0.3, -0.25) is 4.79 Å². The van der Waals surface area contributed by atoms with E-state index in [2.05, 4.69) is 5.16 Å². The Morgan fingerprint density at radius 1 is 1.50 bits per heavy atom. The molecule has 1 heterocycles. The fraction of sp³-hybridized carbons (Fsp3) is 0.636. The first-order chi connectivity index (χ1) is 7.60. The van der Waals surface area contributed by atoms with Crippen LogP contribution in [-0.2, 0) is 11.2 Å². The van der Waals surface area contributed by atoms with Gasteiger partial charge in [0, 0.05) is 18.7 Å². The van der Waals surface area contributed by atoms with Crippen LogP contribution in [0.3, 0.4) is 0 Å². The third-order valence-corrected chi connectivity index (χ3v) is 2.61. The van der Waals surface area contributed by atoms with Crippen molar-refractivity contribution >= 4 is 5.91 Å². The van der Waals surface area contributed by atoms with Crippen molar-refractivity contribution in [2.45, 2.75) is 27.2 Å². The highest BCUT2D eigenvalue weighted by Gasteiger charge is 2.17. The molecule has 1 aromatic rings. The lowest BCUT2D eigenvalue weighted by Crippen LogP contribution is -2.34. The predicted octanol–water partition coefficient (Wildman–Crippen LogP) is 0.675. The van der Waals surface area contributed by atoms with Crippen molar-refractivity contribution in [3.05, 3.63) is 17.0 Å². The second-order valence-corrected chi connectivity index (χ2v) is 3.68. The summed E-state index contributed by atoms with van der Waals surface area (Å²) in [7, 11) is 0. The molecule has 0 aliphatic rings. The largest absolute Gasteiger partial charge is 0.395 e. The number of aryl methyl sites for hydroxylation is 2. The maximum Gasteiger partial charge on any atom is 0.227 e. The highest BCUT2D eigenvalue weighted by Crippen LogP contribution is 2.13. The molecule has 0 spiro atoms. The van der Waals surface area contributed by atoms with Crippen LogP contribution in [-0.4, -0.2) is 40.8 Å². The molecule has 0 aliphatic carbocycles. The highest BCUT2D eigenvalue weighted by molar-refractivity contribution is 5.79. The first kappa shape index (κ1) is 12.7. The predicted molar refractivity (Wildman–Crippen MR) is 59.0 cm³/mol. The number of aliphatic hydroxyl groups is 1. The molecule has 0 bridgehead atoms. The van der Waals surface area contributed by atoms with E-state index in [1.54, 1.807) is 11.8 Å². The number of likely N-dealkylation sites (N-methyl/N-ethyl adjacent to an activating group) is 1. The van der Waals surface area contributed by atoms with Gasteiger partial charge in [-0.05, 0) is 20.8 Å². The van der Waals surface area contributed by atoms with Crippen molar-refractivity contribution in [3.63, 3.8) is 0 Å². The van der Waals surface area contributed by atoms with Crippen molar-refractivity contribution in [3.8, 4) is 0 Å². The second-order valence-electron chi connectivity index (χ2n) is 3.68. The van der Waals surface area contributed by atoms with E-state index >= 15 is 0 Å². The van der Waals surface area contributed by atoms with Gasteiger partial charge in [-0.15, -0.1) is 0 Å². The fourth-order valence-electron chi connectivity index (χ4n) is 1.60. The van der Waals surface area contributed by atoms with E-state index in [4.69, 9.17) is 9.63 Å². The molecule has 0 fully saturated rings. The zero-order chi connectivity index (χ0) is 12.1. The van der Waals surface area contributed by atoms with E-state index in [-0.39, 0.29) is 18.9 Å². The minimum Gasteiger partial charge on any atom is -0.395 e. The van der Waals surface area contributed by atoms with Crippen LogP contribution in [0.4, 0.5) is 0 Å². The third-order valence-electron chi connectivity index (χ3n) is 2.61. The quantitative estimate of drug-likeness (QED) is 0.801. The van der Waals surface area contributed by atoms with Gasteiger partial charge in [0.25, 0.3) is 0 Å². The Labute approximate surface area is 95.0 Å². The molecule has 90 valence electrons. The monoisotopic (exact) mass is 226 g/mol. The highest BCUT2D eigenvalue weighted by atomic mass is 16.5. The lowest BCUT2D eigenvalue weighted by Gasteiger charge is -2.19. The molecule has 1 amide bonds. The van der Waals surface area contributed by atoms with Crippen molar-refractivity contribution in [2.75, 3.05) is 19.7 Å². The van der Waals surface area contributed by atoms with Crippen molar-refractivity contribution in [1.82, 2.24) is 10.1 Å². The van der Waals surface area contributed by atoms with Gasteiger partial charge in [-0.1, -0.05) is 5.16 Å². The molecule has 0 atom stereocenters. The van der Waals surface area contributed by atoms with Crippen LogP contribution in [0.2, 0.25) is 0 Å². The van der Waals surface area contributed by atoms with Gasteiger partial charge >= 0.3 is 0 Å². The Kier molecular flexibility index (Phi) is 4.49. The van der Waals surface area contributed by atoms with E-state index in [9.17, 15) is 4.79 Å². The molecule has 1 N–H and O–H groups in total. The van der Waals surface area contributed by atoms with E-state index < -0.39 is 0 Å². The first-order valence-corrected chi connectivity index (χ1v) is 5.40. The number of aliphatic hydroxyl groups excluding tert-OH is 1. The van der Waals surface area contributed by atoms with Gasteiger partial charge in [0.05, 0.1) is 18.7 Å². The van der Waals surface area contributed by atoms with Gasteiger partial charge in [-0.25, -0.2) is 0 Å². The van der Waals surface area contributed by atoms with Crippen LogP contribution in [0.25, 0.3) is 0 Å². The van der Waals surface area contributed by atoms with E-state index in [0.717, 1.165) is 11.3 Å². The lowest BCUT2D eigenvalue weighted by atomic mass is 10.1. The zero-order valence-electron chi connectivity index (χ0n) is 9.99. The minimum atomic E-state index is -0.0127. The molecule has 0 aromatic carbocycles. The summed E-state index contributed by atoms with van der Waals surface area (Å²) < 4.78 is 5.00. The van der Waals surface area contributed by atoms with Gasteiger partial charge in [0.1, 0.15) is 5.76 Å². The summed E-state index contributed by atoms with van der Waals surface area (Å²) in [4.78, 5) is 13.5. The number of hydrogen-bond acceptors (Lipinski definition) is 4. The molecule has 0 saturated carbocycles. The van der Waals surface area contributed by atoms with Crippen LogP contribution in [0.1, 0.15) is 23.9 Å². The molecule has 0 aliphatic heterocycles. The summed E-state index contributed by atoms with van der Waals surface area (Å²) >= 11 is 0.